The van der Waals surface area contributed by atoms with Gasteiger partial charge in [0.1, 0.15) is 11.4 Å². The van der Waals surface area contributed by atoms with Crippen molar-refractivity contribution >= 4 is 17.7 Å². The Morgan fingerprint density at radius 1 is 1.20 bits per heavy atom. The Morgan fingerprint density at radius 2 is 2.00 bits per heavy atom. The number of aromatic nitrogens is 2. The lowest BCUT2D eigenvalue weighted by atomic mass is 9.71. The largest absolute Gasteiger partial charge is 0.493 e. The highest BCUT2D eigenvalue weighted by Gasteiger charge is 2.35. The topological polar surface area (TPSA) is 61.3 Å². The first-order chi connectivity index (χ1) is 14.5. The number of ether oxygens (including phenoxy) is 2. The maximum Gasteiger partial charge on any atom is 0.311 e. The number of nitrogens with zero attached hydrogens (tertiary/aromatic N) is 2. The van der Waals surface area contributed by atoms with Crippen LogP contribution in [0.25, 0.3) is 0 Å². The van der Waals surface area contributed by atoms with E-state index in [9.17, 15) is 4.79 Å². The van der Waals surface area contributed by atoms with E-state index < -0.39 is 0 Å². The lowest BCUT2D eigenvalue weighted by Gasteiger charge is -2.38. The number of benzene rings is 1. The minimum Gasteiger partial charge on any atom is -0.493 e. The summed E-state index contributed by atoms with van der Waals surface area (Å²) in [4.78, 5) is 12.7. The van der Waals surface area contributed by atoms with Crippen LogP contribution in [-0.4, -0.2) is 35.6 Å². The lowest BCUT2D eigenvalue weighted by Crippen LogP contribution is -2.31. The molecule has 1 aromatic heterocycles. The number of thioether (sulfide) groups is 1. The summed E-state index contributed by atoms with van der Waals surface area (Å²) in [5.74, 6) is 7.08. The molecule has 3 rings (SSSR count). The van der Waals surface area contributed by atoms with Gasteiger partial charge in [0.15, 0.2) is 0 Å². The lowest BCUT2D eigenvalue weighted by molar-refractivity contribution is -0.142. The van der Waals surface area contributed by atoms with Gasteiger partial charge in [-0.2, -0.15) is 5.10 Å². The summed E-state index contributed by atoms with van der Waals surface area (Å²) in [5.41, 5.74) is 3.54. The monoisotopic (exact) mass is 424 g/mol. The quantitative estimate of drug-likeness (QED) is 0.385. The molecule has 6 heteroatoms. The molecule has 5 nitrogen and oxygen atoms in total. The van der Waals surface area contributed by atoms with Gasteiger partial charge in [-0.3, -0.25) is 4.79 Å². The van der Waals surface area contributed by atoms with Crippen LogP contribution in [0.3, 0.4) is 0 Å². The molecule has 2 heterocycles. The number of esters is 1. The average molecular weight is 425 g/mol. The molecule has 0 spiro atoms. The van der Waals surface area contributed by atoms with Crippen molar-refractivity contribution in [2.75, 3.05) is 19.5 Å². The highest BCUT2D eigenvalue weighted by Crippen LogP contribution is 2.45. The van der Waals surface area contributed by atoms with E-state index in [-0.39, 0.29) is 17.8 Å². The molecule has 0 N–H and O–H groups in total. The molecule has 0 amide bonds. The zero-order valence-electron chi connectivity index (χ0n) is 18.1. The molecule has 0 radical (unpaired) electrons. The molecular weight excluding hydrogens is 396 g/mol. The highest BCUT2D eigenvalue weighted by atomic mass is 32.2. The van der Waals surface area contributed by atoms with Gasteiger partial charge < -0.3 is 9.47 Å². The molecule has 1 aliphatic rings. The number of fused-ring (bicyclic) bond motifs is 1. The van der Waals surface area contributed by atoms with E-state index in [0.29, 0.717) is 18.0 Å². The van der Waals surface area contributed by atoms with Crippen LogP contribution in [-0.2, 0) is 21.4 Å². The average Bonchev–Trinajstić information content (AvgIpc) is 2.77. The molecule has 30 heavy (non-hydrogen) atoms. The summed E-state index contributed by atoms with van der Waals surface area (Å²) in [6.45, 7) is 7.40. The van der Waals surface area contributed by atoms with Crippen LogP contribution in [0.4, 0.5) is 0 Å². The van der Waals surface area contributed by atoms with E-state index in [4.69, 9.17) is 9.47 Å². The van der Waals surface area contributed by atoms with Crippen molar-refractivity contribution in [3.63, 3.8) is 0 Å². The Hall–Kier alpha value is -2.52. The highest BCUT2D eigenvalue weighted by molar-refractivity contribution is 7.98. The second kappa shape index (κ2) is 9.99. The first-order valence-corrected chi connectivity index (χ1v) is 11.6. The van der Waals surface area contributed by atoms with Gasteiger partial charge in [0.25, 0.3) is 0 Å². The molecule has 0 saturated heterocycles. The van der Waals surface area contributed by atoms with E-state index in [1.165, 1.54) is 5.56 Å². The molecule has 0 unspecified atom stereocenters. The number of hydrogen-bond donors (Lipinski definition) is 0. The second-order valence-corrected chi connectivity index (χ2v) is 8.12. The third-order valence-corrected chi connectivity index (χ3v) is 6.52. The molecule has 2 aromatic rings. The Kier molecular flexibility index (Phi) is 7.38. The van der Waals surface area contributed by atoms with E-state index in [1.54, 1.807) is 30.8 Å². The Labute approximate surface area is 183 Å². The number of rotatable bonds is 6. The molecule has 0 saturated carbocycles. The van der Waals surface area contributed by atoms with Gasteiger partial charge >= 0.3 is 5.97 Å². The van der Waals surface area contributed by atoms with Crippen LogP contribution >= 0.6 is 11.8 Å². The first-order valence-electron chi connectivity index (χ1n) is 10.4. The van der Waals surface area contributed by atoms with Crippen molar-refractivity contribution < 1.29 is 14.3 Å². The molecule has 0 bridgehead atoms. The fourth-order valence-electron chi connectivity index (χ4n) is 3.85. The summed E-state index contributed by atoms with van der Waals surface area (Å²) >= 11 is 1.66. The third-order valence-electron chi connectivity index (χ3n) is 5.74. The number of hydrogen-bond acceptors (Lipinski definition) is 6. The fourth-order valence-corrected chi connectivity index (χ4v) is 4.40. The summed E-state index contributed by atoms with van der Waals surface area (Å²) in [6.07, 6.45) is 5.36. The van der Waals surface area contributed by atoms with Crippen molar-refractivity contribution in [3.8, 4) is 17.6 Å². The standard InChI is InChI=1S/C24H28N2O3S/c1-5-24(6-2)12-13-29-21-16-22(30-4)17(14-20(21)24)8-9-18-10-11-19(26-25-18)15-23(27)28-7-3/h10-11,14,16H,5-7,12-13,15H2,1-4H3. The van der Waals surface area contributed by atoms with Gasteiger partial charge in [-0.25, -0.2) is 0 Å². The van der Waals surface area contributed by atoms with Crippen LogP contribution in [0.1, 0.15) is 62.5 Å². The van der Waals surface area contributed by atoms with E-state index >= 15 is 0 Å². The minimum absolute atomic E-state index is 0.117. The van der Waals surface area contributed by atoms with Gasteiger partial charge in [0.05, 0.1) is 25.3 Å². The molecule has 158 valence electrons. The maximum absolute atomic E-state index is 11.6. The zero-order chi connectivity index (χ0) is 21.6. The van der Waals surface area contributed by atoms with Crippen LogP contribution in [0.2, 0.25) is 0 Å². The van der Waals surface area contributed by atoms with Crippen LogP contribution < -0.4 is 4.74 Å². The molecule has 0 atom stereocenters. The van der Waals surface area contributed by atoms with E-state index in [1.807, 2.05) is 6.26 Å². The van der Waals surface area contributed by atoms with Crippen molar-refractivity contribution in [2.24, 2.45) is 0 Å². The van der Waals surface area contributed by atoms with E-state index in [0.717, 1.165) is 42.1 Å². The van der Waals surface area contributed by atoms with Crippen LogP contribution in [0.15, 0.2) is 29.2 Å². The fraction of sp³-hybridized carbons (Fsp3) is 0.458. The van der Waals surface area contributed by atoms with Gasteiger partial charge in [0.2, 0.25) is 0 Å². The van der Waals surface area contributed by atoms with Gasteiger partial charge in [-0.05, 0) is 62.6 Å². The van der Waals surface area contributed by atoms with Crippen LogP contribution in [0, 0.1) is 11.8 Å². The van der Waals surface area contributed by atoms with Crippen LogP contribution in [0.5, 0.6) is 5.75 Å². The van der Waals surface area contributed by atoms with Crippen molar-refractivity contribution in [1.29, 1.82) is 0 Å². The Balaban J connectivity index is 1.89. The Bertz CT molecular complexity index is 957. The second-order valence-electron chi connectivity index (χ2n) is 7.28. The molecule has 1 aromatic carbocycles. The van der Waals surface area contributed by atoms with Gasteiger partial charge in [0, 0.05) is 21.4 Å². The predicted octanol–water partition coefficient (Wildman–Crippen LogP) is 4.54. The van der Waals surface area contributed by atoms with E-state index in [2.05, 4.69) is 48.0 Å². The molecular formula is C24H28N2O3S. The van der Waals surface area contributed by atoms with Gasteiger partial charge in [-0.15, -0.1) is 16.9 Å². The third kappa shape index (κ3) is 4.79. The summed E-state index contributed by atoms with van der Waals surface area (Å²) < 4.78 is 10.9. The van der Waals surface area contributed by atoms with Crippen molar-refractivity contribution in [3.05, 3.63) is 46.8 Å². The van der Waals surface area contributed by atoms with Gasteiger partial charge in [-0.1, -0.05) is 19.8 Å². The molecule has 0 aliphatic carbocycles. The molecule has 1 aliphatic heterocycles. The van der Waals surface area contributed by atoms with Crippen molar-refractivity contribution in [1.82, 2.24) is 10.2 Å². The van der Waals surface area contributed by atoms with Crippen molar-refractivity contribution in [2.45, 2.75) is 56.8 Å². The Morgan fingerprint density at radius 3 is 2.63 bits per heavy atom. The zero-order valence-corrected chi connectivity index (χ0v) is 18.9. The maximum atomic E-state index is 11.6. The summed E-state index contributed by atoms with van der Waals surface area (Å²) in [6, 6.07) is 7.88. The predicted molar refractivity (Wildman–Crippen MR) is 119 cm³/mol. The molecule has 0 fully saturated rings. The minimum atomic E-state index is -0.304. The number of carbonyl (C=O) groups is 1. The number of carbonyl (C=O) groups excluding carboxylic acids is 1. The normalized spacial score (nSPS) is 14.1. The SMILES string of the molecule is CCOC(=O)Cc1ccc(C#Cc2cc3c(cc2SC)OCCC3(CC)CC)nn1. The first kappa shape index (κ1) is 22.2. The summed E-state index contributed by atoms with van der Waals surface area (Å²) in [7, 11) is 0. The smallest absolute Gasteiger partial charge is 0.311 e. The summed E-state index contributed by atoms with van der Waals surface area (Å²) in [5, 5.41) is 8.25.